The fourth-order valence-electron chi connectivity index (χ4n) is 1.72. The Kier molecular flexibility index (Phi) is 7.24. The van der Waals surface area contributed by atoms with Crippen molar-refractivity contribution in [3.8, 4) is 6.07 Å². The van der Waals surface area contributed by atoms with Gasteiger partial charge in [0.25, 0.3) is 0 Å². The first-order valence-electron chi connectivity index (χ1n) is 6.03. The number of nitrogens with zero attached hydrogens (tertiary/aromatic N) is 1. The van der Waals surface area contributed by atoms with Gasteiger partial charge in [0.15, 0.2) is 6.29 Å². The molecule has 3 nitrogen and oxygen atoms in total. The molecule has 0 aromatic rings. The lowest BCUT2D eigenvalue weighted by Crippen LogP contribution is -2.22. The molecule has 15 heavy (non-hydrogen) atoms. The van der Waals surface area contributed by atoms with Gasteiger partial charge in [0.05, 0.1) is 6.07 Å². The van der Waals surface area contributed by atoms with E-state index in [1.54, 1.807) is 0 Å². The molecule has 0 radical (unpaired) electrons. The molecule has 1 rings (SSSR count). The number of rotatable bonds is 7. The lowest BCUT2D eigenvalue weighted by molar-refractivity contribution is -0.162. The molecule has 0 spiro atoms. The minimum atomic E-state index is 0.0536. The summed E-state index contributed by atoms with van der Waals surface area (Å²) in [4.78, 5) is 0. The topological polar surface area (TPSA) is 42.2 Å². The van der Waals surface area contributed by atoms with Crippen LogP contribution < -0.4 is 0 Å². The summed E-state index contributed by atoms with van der Waals surface area (Å²) in [5, 5.41) is 8.35. The second-order valence-electron chi connectivity index (χ2n) is 3.99. The van der Waals surface area contributed by atoms with Crippen molar-refractivity contribution < 1.29 is 9.47 Å². The monoisotopic (exact) mass is 211 g/mol. The van der Waals surface area contributed by atoms with E-state index in [4.69, 9.17) is 14.7 Å². The molecule has 0 aromatic heterocycles. The molecule has 1 heterocycles. The summed E-state index contributed by atoms with van der Waals surface area (Å²) in [5.41, 5.74) is 0. The molecule has 0 aliphatic carbocycles. The van der Waals surface area contributed by atoms with Crippen molar-refractivity contribution in [2.24, 2.45) is 0 Å². The Morgan fingerprint density at radius 3 is 2.80 bits per heavy atom. The lowest BCUT2D eigenvalue weighted by Gasteiger charge is -2.22. The van der Waals surface area contributed by atoms with Gasteiger partial charge in [0.2, 0.25) is 0 Å². The molecule has 0 N–H and O–H groups in total. The average Bonchev–Trinajstić information content (AvgIpc) is 2.29. The highest BCUT2D eigenvalue weighted by atomic mass is 16.7. The van der Waals surface area contributed by atoms with Gasteiger partial charge in [-0.25, -0.2) is 0 Å². The van der Waals surface area contributed by atoms with E-state index < -0.39 is 0 Å². The van der Waals surface area contributed by atoms with Crippen molar-refractivity contribution in [3.05, 3.63) is 0 Å². The molecule has 86 valence electrons. The number of ether oxygens (including phenoxy) is 2. The molecule has 0 saturated carbocycles. The Labute approximate surface area is 92.4 Å². The number of hydrogen-bond acceptors (Lipinski definition) is 3. The van der Waals surface area contributed by atoms with Gasteiger partial charge in [0.1, 0.15) is 0 Å². The summed E-state index contributed by atoms with van der Waals surface area (Å²) in [6.07, 6.45) is 8.61. The molecule has 0 bridgehead atoms. The SMILES string of the molecule is N#CCCCCCCOC1CCCCO1. The van der Waals surface area contributed by atoms with Crippen LogP contribution in [0.2, 0.25) is 0 Å². The predicted molar refractivity (Wildman–Crippen MR) is 58.2 cm³/mol. The lowest BCUT2D eigenvalue weighted by atomic mass is 10.1. The summed E-state index contributed by atoms with van der Waals surface area (Å²) >= 11 is 0. The molecule has 3 heteroatoms. The van der Waals surface area contributed by atoms with E-state index in [2.05, 4.69) is 6.07 Å². The van der Waals surface area contributed by atoms with Gasteiger partial charge in [-0.05, 0) is 32.1 Å². The van der Waals surface area contributed by atoms with E-state index in [1.165, 1.54) is 12.8 Å². The Hall–Kier alpha value is -0.590. The van der Waals surface area contributed by atoms with Crippen LogP contribution in [0.3, 0.4) is 0 Å². The summed E-state index contributed by atoms with van der Waals surface area (Å²) in [7, 11) is 0. The Balaban J connectivity index is 1.82. The van der Waals surface area contributed by atoms with Gasteiger partial charge >= 0.3 is 0 Å². The molecular formula is C12H21NO2. The van der Waals surface area contributed by atoms with Crippen molar-refractivity contribution in [1.29, 1.82) is 5.26 Å². The van der Waals surface area contributed by atoms with Crippen molar-refractivity contribution in [2.75, 3.05) is 13.2 Å². The van der Waals surface area contributed by atoms with Crippen LogP contribution in [0.1, 0.15) is 51.4 Å². The van der Waals surface area contributed by atoms with Gasteiger partial charge in [-0.1, -0.05) is 12.8 Å². The zero-order valence-electron chi connectivity index (χ0n) is 9.41. The van der Waals surface area contributed by atoms with Crippen LogP contribution >= 0.6 is 0 Å². The maximum Gasteiger partial charge on any atom is 0.157 e. The summed E-state index contributed by atoms with van der Waals surface area (Å²) in [6, 6.07) is 2.16. The van der Waals surface area contributed by atoms with E-state index in [0.29, 0.717) is 6.42 Å². The Morgan fingerprint density at radius 2 is 2.07 bits per heavy atom. The van der Waals surface area contributed by atoms with Gasteiger partial charge < -0.3 is 9.47 Å². The van der Waals surface area contributed by atoms with Crippen molar-refractivity contribution in [3.63, 3.8) is 0 Å². The average molecular weight is 211 g/mol. The maximum atomic E-state index is 8.35. The maximum absolute atomic E-state index is 8.35. The molecule has 1 saturated heterocycles. The normalized spacial score (nSPS) is 21.1. The Bertz CT molecular complexity index is 183. The van der Waals surface area contributed by atoms with Crippen LogP contribution in [0, 0.1) is 11.3 Å². The van der Waals surface area contributed by atoms with Gasteiger partial charge in [0, 0.05) is 19.6 Å². The van der Waals surface area contributed by atoms with E-state index in [1.807, 2.05) is 0 Å². The molecule has 1 atom stereocenters. The number of hydrogen-bond donors (Lipinski definition) is 0. The molecule has 0 amide bonds. The fraction of sp³-hybridized carbons (Fsp3) is 0.917. The minimum absolute atomic E-state index is 0.0536. The summed E-state index contributed by atoms with van der Waals surface area (Å²) < 4.78 is 11.1. The van der Waals surface area contributed by atoms with Crippen molar-refractivity contribution >= 4 is 0 Å². The molecule has 1 aliphatic heterocycles. The van der Waals surface area contributed by atoms with Gasteiger partial charge in [-0.2, -0.15) is 5.26 Å². The first-order valence-corrected chi connectivity index (χ1v) is 6.03. The van der Waals surface area contributed by atoms with E-state index in [-0.39, 0.29) is 6.29 Å². The predicted octanol–water partition coefficient (Wildman–Crippen LogP) is 3.00. The van der Waals surface area contributed by atoms with Crippen LogP contribution in [0.25, 0.3) is 0 Å². The van der Waals surface area contributed by atoms with Crippen molar-refractivity contribution in [1.82, 2.24) is 0 Å². The molecular weight excluding hydrogens is 190 g/mol. The van der Waals surface area contributed by atoms with Crippen molar-refractivity contribution in [2.45, 2.75) is 57.7 Å². The molecule has 1 fully saturated rings. The second-order valence-corrected chi connectivity index (χ2v) is 3.99. The van der Waals surface area contributed by atoms with Gasteiger partial charge in [-0.3, -0.25) is 0 Å². The van der Waals surface area contributed by atoms with Crippen LogP contribution in [-0.2, 0) is 9.47 Å². The zero-order chi connectivity index (χ0) is 10.8. The van der Waals surface area contributed by atoms with Crippen LogP contribution in [0.5, 0.6) is 0 Å². The van der Waals surface area contributed by atoms with Crippen LogP contribution in [0.4, 0.5) is 0 Å². The fourth-order valence-corrected chi connectivity index (χ4v) is 1.72. The smallest absolute Gasteiger partial charge is 0.157 e. The first-order chi connectivity index (χ1) is 7.43. The number of nitriles is 1. The quantitative estimate of drug-likeness (QED) is 0.608. The van der Waals surface area contributed by atoms with Crippen LogP contribution in [-0.4, -0.2) is 19.5 Å². The van der Waals surface area contributed by atoms with Crippen LogP contribution in [0.15, 0.2) is 0 Å². The molecule has 1 aliphatic rings. The Morgan fingerprint density at radius 1 is 1.20 bits per heavy atom. The number of unbranched alkanes of at least 4 members (excludes halogenated alkanes) is 4. The molecule has 1 unspecified atom stereocenters. The standard InChI is InChI=1S/C12H21NO2/c13-9-5-2-1-3-6-10-14-12-8-4-7-11-15-12/h12H,1-8,10-11H2. The second kappa shape index (κ2) is 8.70. The third-order valence-electron chi connectivity index (χ3n) is 2.62. The summed E-state index contributed by atoms with van der Waals surface area (Å²) in [5.74, 6) is 0. The van der Waals surface area contributed by atoms with E-state index in [0.717, 1.165) is 45.3 Å². The van der Waals surface area contributed by atoms with Gasteiger partial charge in [-0.15, -0.1) is 0 Å². The first kappa shape index (κ1) is 12.5. The third-order valence-corrected chi connectivity index (χ3v) is 2.62. The summed E-state index contributed by atoms with van der Waals surface area (Å²) in [6.45, 7) is 1.66. The highest BCUT2D eigenvalue weighted by molar-refractivity contribution is 4.67. The molecule has 0 aromatic carbocycles. The highest BCUT2D eigenvalue weighted by Gasteiger charge is 2.12. The minimum Gasteiger partial charge on any atom is -0.353 e. The van der Waals surface area contributed by atoms with E-state index in [9.17, 15) is 0 Å². The third kappa shape index (κ3) is 6.48. The zero-order valence-corrected chi connectivity index (χ0v) is 9.41. The highest BCUT2D eigenvalue weighted by Crippen LogP contribution is 2.14. The van der Waals surface area contributed by atoms with E-state index >= 15 is 0 Å². The largest absolute Gasteiger partial charge is 0.353 e.